The number of Topliss-reactive ketones (excluding diaryl/α,β-unsaturated/α-hetero) is 1. The van der Waals surface area contributed by atoms with Gasteiger partial charge in [-0.2, -0.15) is 0 Å². The summed E-state index contributed by atoms with van der Waals surface area (Å²) in [5.41, 5.74) is -0.342. The Morgan fingerprint density at radius 2 is 2.00 bits per heavy atom. The second-order valence-electron chi connectivity index (χ2n) is 3.74. The molecule has 0 amide bonds. The Bertz CT molecular complexity index is 388. The van der Waals surface area contributed by atoms with Crippen LogP contribution in [0.1, 0.15) is 30.6 Å². The zero-order valence-corrected chi connectivity index (χ0v) is 9.24. The Kier molecular flexibility index (Phi) is 3.80. The third-order valence-corrected chi connectivity index (χ3v) is 2.23. The number of benzene rings is 1. The third-order valence-electron chi connectivity index (χ3n) is 1.92. The van der Waals surface area contributed by atoms with Crippen molar-refractivity contribution in [2.45, 2.75) is 20.3 Å². The van der Waals surface area contributed by atoms with Gasteiger partial charge in [0.15, 0.2) is 17.4 Å². The first-order valence-electron chi connectivity index (χ1n) is 4.60. The lowest BCUT2D eigenvalue weighted by atomic mass is 10.0. The van der Waals surface area contributed by atoms with E-state index in [0.29, 0.717) is 0 Å². The molecule has 0 fully saturated rings. The largest absolute Gasteiger partial charge is 0.294 e. The van der Waals surface area contributed by atoms with Crippen LogP contribution >= 0.6 is 11.6 Å². The number of carbonyl (C=O) groups excluding carboxylic acids is 1. The Balaban J connectivity index is 3.13. The first kappa shape index (κ1) is 12.1. The molecular formula is C11H11ClF2O. The molecule has 82 valence electrons. The molecule has 1 nitrogen and oxygen atoms in total. The molecule has 0 spiro atoms. The molecule has 0 saturated carbocycles. The molecule has 0 aliphatic heterocycles. The van der Waals surface area contributed by atoms with E-state index in [0.717, 1.165) is 6.07 Å². The highest BCUT2D eigenvalue weighted by Crippen LogP contribution is 2.24. The van der Waals surface area contributed by atoms with Gasteiger partial charge in [-0.25, -0.2) is 8.78 Å². The van der Waals surface area contributed by atoms with Crippen molar-refractivity contribution >= 4 is 17.4 Å². The molecule has 0 atom stereocenters. The SMILES string of the molecule is CC(C)CC(=O)c1c(Cl)ccc(F)c1F. The van der Waals surface area contributed by atoms with Crippen LogP contribution in [0, 0.1) is 17.6 Å². The summed E-state index contributed by atoms with van der Waals surface area (Å²) in [4.78, 5) is 11.6. The van der Waals surface area contributed by atoms with Crippen molar-refractivity contribution in [2.75, 3.05) is 0 Å². The number of hydrogen-bond acceptors (Lipinski definition) is 1. The number of halogens is 3. The predicted octanol–water partition coefficient (Wildman–Crippen LogP) is 3.85. The van der Waals surface area contributed by atoms with Crippen molar-refractivity contribution < 1.29 is 13.6 Å². The predicted molar refractivity (Wildman–Crippen MR) is 55.2 cm³/mol. The van der Waals surface area contributed by atoms with Crippen LogP contribution in [0.2, 0.25) is 5.02 Å². The summed E-state index contributed by atoms with van der Waals surface area (Å²) < 4.78 is 26.2. The van der Waals surface area contributed by atoms with Gasteiger partial charge in [-0.1, -0.05) is 25.4 Å². The van der Waals surface area contributed by atoms with Crippen LogP contribution in [0.15, 0.2) is 12.1 Å². The third kappa shape index (κ3) is 2.75. The molecule has 0 N–H and O–H groups in total. The van der Waals surface area contributed by atoms with E-state index < -0.39 is 17.4 Å². The van der Waals surface area contributed by atoms with Crippen LogP contribution < -0.4 is 0 Å². The molecule has 0 aromatic heterocycles. The summed E-state index contributed by atoms with van der Waals surface area (Å²) in [6, 6.07) is 2.09. The van der Waals surface area contributed by atoms with Gasteiger partial charge in [0.2, 0.25) is 0 Å². The summed E-state index contributed by atoms with van der Waals surface area (Å²) in [7, 11) is 0. The molecule has 0 heterocycles. The minimum Gasteiger partial charge on any atom is -0.294 e. The molecule has 1 aromatic carbocycles. The zero-order chi connectivity index (χ0) is 11.6. The van der Waals surface area contributed by atoms with Crippen molar-refractivity contribution in [2.24, 2.45) is 5.92 Å². The van der Waals surface area contributed by atoms with E-state index in [9.17, 15) is 13.6 Å². The molecule has 0 radical (unpaired) electrons. The van der Waals surface area contributed by atoms with E-state index in [2.05, 4.69) is 0 Å². The van der Waals surface area contributed by atoms with Crippen molar-refractivity contribution in [1.29, 1.82) is 0 Å². The lowest BCUT2D eigenvalue weighted by Crippen LogP contribution is -2.08. The quantitative estimate of drug-likeness (QED) is 0.572. The van der Waals surface area contributed by atoms with E-state index >= 15 is 0 Å². The maximum absolute atomic E-state index is 13.3. The minimum absolute atomic E-state index is 0.0421. The highest BCUT2D eigenvalue weighted by atomic mass is 35.5. The average molecular weight is 233 g/mol. The number of ketones is 1. The smallest absolute Gasteiger partial charge is 0.171 e. The molecular weight excluding hydrogens is 222 g/mol. The minimum atomic E-state index is -1.16. The fourth-order valence-corrected chi connectivity index (χ4v) is 1.51. The van der Waals surface area contributed by atoms with E-state index in [1.807, 2.05) is 13.8 Å². The summed E-state index contributed by atoms with van der Waals surface area (Å²) in [5, 5.41) is -0.0421. The molecule has 0 unspecified atom stereocenters. The molecule has 1 aromatic rings. The van der Waals surface area contributed by atoms with E-state index in [4.69, 9.17) is 11.6 Å². The highest BCUT2D eigenvalue weighted by Gasteiger charge is 2.19. The molecule has 4 heteroatoms. The Morgan fingerprint density at radius 3 is 2.53 bits per heavy atom. The maximum Gasteiger partial charge on any atom is 0.171 e. The van der Waals surface area contributed by atoms with Crippen LogP contribution in [0.5, 0.6) is 0 Å². The van der Waals surface area contributed by atoms with Crippen LogP contribution in [0.4, 0.5) is 8.78 Å². The van der Waals surface area contributed by atoms with E-state index in [1.165, 1.54) is 6.07 Å². The van der Waals surface area contributed by atoms with Gasteiger partial charge in [0.25, 0.3) is 0 Å². The summed E-state index contributed by atoms with van der Waals surface area (Å²) in [5.74, 6) is -2.59. The van der Waals surface area contributed by atoms with Gasteiger partial charge in [-0.15, -0.1) is 0 Å². The fourth-order valence-electron chi connectivity index (χ4n) is 1.26. The fraction of sp³-hybridized carbons (Fsp3) is 0.364. The van der Waals surface area contributed by atoms with Gasteiger partial charge in [0, 0.05) is 6.42 Å². The van der Waals surface area contributed by atoms with Gasteiger partial charge in [0.05, 0.1) is 10.6 Å². The normalized spacial score (nSPS) is 10.8. The number of hydrogen-bond donors (Lipinski definition) is 0. The second kappa shape index (κ2) is 4.71. The Morgan fingerprint density at radius 1 is 1.40 bits per heavy atom. The Labute approximate surface area is 92.1 Å². The lowest BCUT2D eigenvalue weighted by molar-refractivity contribution is 0.0963. The van der Waals surface area contributed by atoms with Crippen LogP contribution in [-0.4, -0.2) is 5.78 Å². The monoisotopic (exact) mass is 232 g/mol. The zero-order valence-electron chi connectivity index (χ0n) is 8.48. The molecule has 0 saturated heterocycles. The molecule has 0 bridgehead atoms. The van der Waals surface area contributed by atoms with Crippen LogP contribution in [0.3, 0.4) is 0 Å². The van der Waals surface area contributed by atoms with Crippen molar-refractivity contribution in [3.63, 3.8) is 0 Å². The molecule has 0 aliphatic carbocycles. The summed E-state index contributed by atoms with van der Waals surface area (Å²) in [6.07, 6.45) is 0.153. The summed E-state index contributed by atoms with van der Waals surface area (Å²) >= 11 is 5.65. The summed E-state index contributed by atoms with van der Waals surface area (Å²) in [6.45, 7) is 3.64. The topological polar surface area (TPSA) is 17.1 Å². The van der Waals surface area contributed by atoms with Gasteiger partial charge in [0.1, 0.15) is 0 Å². The van der Waals surface area contributed by atoms with Crippen molar-refractivity contribution in [3.8, 4) is 0 Å². The van der Waals surface area contributed by atoms with Gasteiger partial charge in [-0.3, -0.25) is 4.79 Å². The Hall–Kier alpha value is -0.960. The maximum atomic E-state index is 13.3. The van der Waals surface area contributed by atoms with Crippen molar-refractivity contribution in [3.05, 3.63) is 34.4 Å². The first-order chi connectivity index (χ1) is 6.93. The molecule has 1 rings (SSSR count). The second-order valence-corrected chi connectivity index (χ2v) is 4.15. The molecule has 15 heavy (non-hydrogen) atoms. The van der Waals surface area contributed by atoms with Crippen molar-refractivity contribution in [1.82, 2.24) is 0 Å². The lowest BCUT2D eigenvalue weighted by Gasteiger charge is -2.07. The average Bonchev–Trinajstić information content (AvgIpc) is 2.11. The molecule has 0 aliphatic rings. The van der Waals surface area contributed by atoms with Crippen LogP contribution in [0.25, 0.3) is 0 Å². The number of carbonyl (C=O) groups is 1. The van der Waals surface area contributed by atoms with E-state index in [-0.39, 0.29) is 22.9 Å². The standard InChI is InChI=1S/C11H11ClF2O/c1-6(2)5-9(15)10-7(12)3-4-8(13)11(10)14/h3-4,6H,5H2,1-2H3. The highest BCUT2D eigenvalue weighted by molar-refractivity contribution is 6.34. The van der Waals surface area contributed by atoms with E-state index in [1.54, 1.807) is 0 Å². The number of rotatable bonds is 3. The van der Waals surface area contributed by atoms with Gasteiger partial charge in [-0.05, 0) is 18.1 Å². The first-order valence-corrected chi connectivity index (χ1v) is 4.98. The van der Waals surface area contributed by atoms with Gasteiger partial charge >= 0.3 is 0 Å². The van der Waals surface area contributed by atoms with Crippen LogP contribution in [-0.2, 0) is 0 Å². The van der Waals surface area contributed by atoms with Gasteiger partial charge < -0.3 is 0 Å².